The highest BCUT2D eigenvalue weighted by atomic mass is 79.9. The van der Waals surface area contributed by atoms with E-state index in [9.17, 15) is 19.2 Å². The van der Waals surface area contributed by atoms with Crippen LogP contribution in [0.1, 0.15) is 27.1 Å². The normalized spacial score (nSPS) is 27.5. The van der Waals surface area contributed by atoms with Gasteiger partial charge in [-0.05, 0) is 41.5 Å². The minimum atomic E-state index is -0.757. The monoisotopic (exact) mass is 635 g/mol. The Hall–Kier alpha value is -3.10. The van der Waals surface area contributed by atoms with Gasteiger partial charge in [-0.15, -0.1) is 0 Å². The van der Waals surface area contributed by atoms with E-state index in [0.717, 1.165) is 22.4 Å². The number of esters is 1. The third-order valence-corrected chi connectivity index (χ3v) is 11.2. The molecule has 1 saturated heterocycles. The zero-order valence-electron chi connectivity index (χ0n) is 20.1. The second kappa shape index (κ2) is 9.89. The molecule has 2 saturated carbocycles. The van der Waals surface area contributed by atoms with E-state index in [1.54, 1.807) is 30.3 Å². The molecule has 192 valence electrons. The zero-order chi connectivity index (χ0) is 26.6. The Morgan fingerprint density at radius 3 is 1.95 bits per heavy atom. The Kier molecular flexibility index (Phi) is 6.56. The van der Waals surface area contributed by atoms with E-state index in [0.29, 0.717) is 5.56 Å². The third kappa shape index (κ3) is 4.05. The summed E-state index contributed by atoms with van der Waals surface area (Å²) in [5, 5.41) is 0. The standard InChI is InChI=1S/C30H23Br2NO5/c31-26-20-14-21(27(26)32)25-24(20)28(35)33(29(25)36)22-9-5-4-8-19(22)30(37)38-15-23(34)18-12-10-17(11-13-18)16-6-2-1-3-7-16/h1-13,20-21,24-27H,14-15H2/t20-,21+,24-,25-,26-,27+/m0/s1. The highest BCUT2D eigenvalue weighted by Gasteiger charge is 2.66. The van der Waals surface area contributed by atoms with E-state index >= 15 is 0 Å². The zero-order valence-corrected chi connectivity index (χ0v) is 23.3. The predicted molar refractivity (Wildman–Crippen MR) is 149 cm³/mol. The molecule has 3 aliphatic rings. The molecule has 2 aliphatic carbocycles. The molecule has 6 rings (SSSR count). The highest BCUT2D eigenvalue weighted by molar-refractivity contribution is 9.12. The summed E-state index contributed by atoms with van der Waals surface area (Å²) in [6.45, 7) is -0.453. The van der Waals surface area contributed by atoms with E-state index in [-0.39, 0.29) is 50.3 Å². The van der Waals surface area contributed by atoms with Crippen LogP contribution in [0.2, 0.25) is 0 Å². The van der Waals surface area contributed by atoms with Gasteiger partial charge < -0.3 is 4.74 Å². The van der Waals surface area contributed by atoms with E-state index in [2.05, 4.69) is 31.9 Å². The maximum absolute atomic E-state index is 13.5. The quantitative estimate of drug-likeness (QED) is 0.151. The van der Waals surface area contributed by atoms with Gasteiger partial charge in [0.2, 0.25) is 11.8 Å². The van der Waals surface area contributed by atoms with Crippen LogP contribution in [0.15, 0.2) is 78.9 Å². The molecule has 0 aromatic heterocycles. The van der Waals surface area contributed by atoms with Crippen LogP contribution in [0.3, 0.4) is 0 Å². The number of para-hydroxylation sites is 1. The smallest absolute Gasteiger partial charge is 0.340 e. The minimum Gasteiger partial charge on any atom is -0.454 e. The fourth-order valence-electron chi connectivity index (χ4n) is 6.20. The number of imide groups is 1. The van der Waals surface area contributed by atoms with Gasteiger partial charge in [0.1, 0.15) is 0 Å². The summed E-state index contributed by atoms with van der Waals surface area (Å²) >= 11 is 7.39. The summed E-state index contributed by atoms with van der Waals surface area (Å²) in [4.78, 5) is 54.1. The van der Waals surface area contributed by atoms with Gasteiger partial charge in [0.05, 0.1) is 23.1 Å². The number of Topliss-reactive ketones (excluding diaryl/α,β-unsaturated/α-hetero) is 1. The summed E-state index contributed by atoms with van der Waals surface area (Å²) in [6, 6.07) is 23.3. The molecule has 0 spiro atoms. The van der Waals surface area contributed by atoms with Gasteiger partial charge in [-0.2, -0.15) is 0 Å². The van der Waals surface area contributed by atoms with Crippen molar-refractivity contribution in [3.8, 4) is 11.1 Å². The molecule has 6 nitrogen and oxygen atoms in total. The number of amides is 2. The Morgan fingerprint density at radius 2 is 1.32 bits per heavy atom. The fraction of sp³-hybridized carbons (Fsp3) is 0.267. The Morgan fingerprint density at radius 1 is 0.763 bits per heavy atom. The summed E-state index contributed by atoms with van der Waals surface area (Å²) in [5.74, 6) is -2.29. The first-order valence-electron chi connectivity index (χ1n) is 12.5. The Bertz CT molecular complexity index is 1410. The number of anilines is 1. The first kappa shape index (κ1) is 25.2. The molecule has 0 radical (unpaired) electrons. The van der Waals surface area contributed by atoms with Gasteiger partial charge >= 0.3 is 5.97 Å². The van der Waals surface area contributed by atoms with Crippen LogP contribution in [0, 0.1) is 23.7 Å². The van der Waals surface area contributed by atoms with Gasteiger partial charge in [-0.1, -0.05) is 98.6 Å². The van der Waals surface area contributed by atoms with Gasteiger partial charge in [-0.3, -0.25) is 14.4 Å². The van der Waals surface area contributed by atoms with Crippen molar-refractivity contribution in [2.75, 3.05) is 11.5 Å². The number of carbonyl (C=O) groups is 4. The van der Waals surface area contributed by atoms with Crippen LogP contribution in [-0.4, -0.2) is 39.8 Å². The number of carbonyl (C=O) groups excluding carboxylic acids is 4. The number of benzene rings is 3. The maximum atomic E-state index is 13.5. The first-order chi connectivity index (χ1) is 18.4. The van der Waals surface area contributed by atoms with Crippen molar-refractivity contribution in [1.82, 2.24) is 0 Å². The van der Waals surface area contributed by atoms with Gasteiger partial charge in [-0.25, -0.2) is 9.69 Å². The minimum absolute atomic E-state index is 0.0702. The van der Waals surface area contributed by atoms with Crippen molar-refractivity contribution < 1.29 is 23.9 Å². The number of alkyl halides is 2. The lowest BCUT2D eigenvalue weighted by molar-refractivity contribution is -0.123. The van der Waals surface area contributed by atoms with Crippen LogP contribution in [0.5, 0.6) is 0 Å². The molecule has 0 unspecified atom stereocenters. The van der Waals surface area contributed by atoms with Crippen molar-refractivity contribution in [1.29, 1.82) is 0 Å². The van der Waals surface area contributed by atoms with Crippen LogP contribution < -0.4 is 4.90 Å². The average molecular weight is 637 g/mol. The van der Waals surface area contributed by atoms with E-state index in [4.69, 9.17) is 4.74 Å². The van der Waals surface area contributed by atoms with Crippen molar-refractivity contribution >= 4 is 61.1 Å². The lowest BCUT2D eigenvalue weighted by atomic mass is 9.81. The van der Waals surface area contributed by atoms with Crippen molar-refractivity contribution in [3.63, 3.8) is 0 Å². The number of fused-ring (bicyclic) bond motifs is 5. The molecule has 0 N–H and O–H groups in total. The molecule has 6 atom stereocenters. The largest absolute Gasteiger partial charge is 0.454 e. The second-order valence-corrected chi connectivity index (χ2v) is 12.1. The maximum Gasteiger partial charge on any atom is 0.340 e. The van der Waals surface area contributed by atoms with Crippen LogP contribution in [-0.2, 0) is 14.3 Å². The molecule has 2 bridgehead atoms. The molecule has 1 heterocycles. The van der Waals surface area contributed by atoms with Crippen molar-refractivity contribution in [3.05, 3.63) is 90.0 Å². The predicted octanol–water partition coefficient (Wildman–Crippen LogP) is 5.68. The highest BCUT2D eigenvalue weighted by Crippen LogP contribution is 2.60. The molecule has 38 heavy (non-hydrogen) atoms. The molecular formula is C30H23Br2NO5. The molecule has 3 aromatic carbocycles. The van der Waals surface area contributed by atoms with Gasteiger partial charge in [0.25, 0.3) is 0 Å². The Labute approximate surface area is 236 Å². The van der Waals surface area contributed by atoms with Gasteiger partial charge in [0, 0.05) is 15.2 Å². The van der Waals surface area contributed by atoms with Gasteiger partial charge in [0.15, 0.2) is 12.4 Å². The first-order valence-corrected chi connectivity index (χ1v) is 14.3. The number of hydrogen-bond acceptors (Lipinski definition) is 5. The number of rotatable bonds is 6. The van der Waals surface area contributed by atoms with E-state index in [1.807, 2.05) is 42.5 Å². The van der Waals surface area contributed by atoms with Crippen LogP contribution in [0.25, 0.3) is 11.1 Å². The second-order valence-electron chi connectivity index (χ2n) is 9.98. The van der Waals surface area contributed by atoms with Crippen molar-refractivity contribution in [2.45, 2.75) is 16.1 Å². The topological polar surface area (TPSA) is 80.8 Å². The van der Waals surface area contributed by atoms with Crippen molar-refractivity contribution in [2.24, 2.45) is 23.7 Å². The summed E-state index contributed by atoms with van der Waals surface area (Å²) in [7, 11) is 0. The van der Waals surface area contributed by atoms with E-state index < -0.39 is 24.4 Å². The number of ether oxygens (including phenoxy) is 1. The summed E-state index contributed by atoms with van der Waals surface area (Å²) < 4.78 is 5.36. The number of halogens is 2. The molecular weight excluding hydrogens is 614 g/mol. The molecule has 3 fully saturated rings. The Balaban J connectivity index is 1.17. The van der Waals surface area contributed by atoms with E-state index in [1.165, 1.54) is 6.07 Å². The molecule has 8 heteroatoms. The lowest BCUT2D eigenvalue weighted by Crippen LogP contribution is -2.37. The number of ketones is 1. The number of nitrogens with zero attached hydrogens (tertiary/aromatic N) is 1. The summed E-state index contributed by atoms with van der Waals surface area (Å²) in [6.07, 6.45) is 0.824. The molecule has 3 aromatic rings. The third-order valence-electron chi connectivity index (χ3n) is 8.00. The summed E-state index contributed by atoms with van der Waals surface area (Å²) in [5.41, 5.74) is 2.73. The average Bonchev–Trinajstić information content (AvgIpc) is 3.56. The molecule has 2 amide bonds. The van der Waals surface area contributed by atoms with Crippen LogP contribution >= 0.6 is 31.9 Å². The molecule has 1 aliphatic heterocycles. The van der Waals surface area contributed by atoms with Crippen LogP contribution in [0.4, 0.5) is 5.69 Å². The SMILES string of the molecule is O=C(COC(=O)c1ccccc1N1C(=O)[C@H]2[C@@H]3C[C@@H]([C@@H](Br)[C@H]3Br)[C@@H]2C1=O)c1ccc(-c2ccccc2)cc1. The fourth-order valence-corrected chi connectivity index (χ4v) is 8.07. The number of hydrogen-bond donors (Lipinski definition) is 0. The lowest BCUT2D eigenvalue weighted by Gasteiger charge is -2.28.